The highest BCUT2D eigenvalue weighted by atomic mass is 32.1. The summed E-state index contributed by atoms with van der Waals surface area (Å²) < 4.78 is 5.17. The fraction of sp³-hybridized carbons (Fsp3) is 0.111. The molecule has 13 heavy (non-hydrogen) atoms. The molecule has 4 heteroatoms. The molecule has 0 radical (unpaired) electrons. The summed E-state index contributed by atoms with van der Waals surface area (Å²) in [5.74, 6) is 0.752. The molecule has 3 nitrogen and oxygen atoms in total. The second-order valence-electron chi connectivity index (χ2n) is 2.49. The van der Waals surface area contributed by atoms with Crippen LogP contribution in [0.3, 0.4) is 0 Å². The van der Waals surface area contributed by atoms with Gasteiger partial charge in [0.25, 0.3) is 0 Å². The van der Waals surface area contributed by atoms with E-state index >= 15 is 0 Å². The quantitative estimate of drug-likeness (QED) is 0.701. The van der Waals surface area contributed by atoms with Gasteiger partial charge in [-0.2, -0.15) is 0 Å². The lowest BCUT2D eigenvalue weighted by molar-refractivity contribution is -0.107. The van der Waals surface area contributed by atoms with Gasteiger partial charge in [0.1, 0.15) is 6.29 Å². The maximum absolute atomic E-state index is 10.2. The Morgan fingerprint density at radius 3 is 3.23 bits per heavy atom. The van der Waals surface area contributed by atoms with Crippen molar-refractivity contribution in [3.05, 3.63) is 29.5 Å². The van der Waals surface area contributed by atoms with Gasteiger partial charge >= 0.3 is 0 Å². The van der Waals surface area contributed by atoms with Crippen LogP contribution in [-0.4, -0.2) is 11.3 Å². The van der Waals surface area contributed by atoms with E-state index in [9.17, 15) is 4.79 Å². The zero-order valence-corrected chi connectivity index (χ0v) is 7.58. The third-order valence-corrected chi connectivity index (χ3v) is 2.48. The number of furan rings is 1. The van der Waals surface area contributed by atoms with Gasteiger partial charge in [-0.1, -0.05) is 0 Å². The Hall–Kier alpha value is -1.42. The first-order chi connectivity index (χ1) is 6.40. The van der Waals surface area contributed by atoms with Crippen LogP contribution in [0.15, 0.2) is 28.2 Å². The van der Waals surface area contributed by atoms with Gasteiger partial charge in [0.15, 0.2) is 10.8 Å². The number of nitrogens with zero attached hydrogens (tertiary/aromatic N) is 1. The van der Waals surface area contributed by atoms with E-state index < -0.39 is 0 Å². The van der Waals surface area contributed by atoms with E-state index in [1.165, 1.54) is 11.3 Å². The predicted octanol–water partition coefficient (Wildman–Crippen LogP) is 2.14. The summed E-state index contributed by atoms with van der Waals surface area (Å²) in [6, 6.07) is 3.67. The molecule has 0 amide bonds. The number of aldehydes is 1. The average Bonchev–Trinajstić information content (AvgIpc) is 2.70. The van der Waals surface area contributed by atoms with Gasteiger partial charge in [0.2, 0.25) is 0 Å². The van der Waals surface area contributed by atoms with E-state index in [0.717, 1.165) is 22.7 Å². The Kier molecular flexibility index (Phi) is 2.23. The fourth-order valence-electron chi connectivity index (χ4n) is 1.000. The van der Waals surface area contributed by atoms with Gasteiger partial charge in [-0.05, 0) is 12.1 Å². The first kappa shape index (κ1) is 8.19. The van der Waals surface area contributed by atoms with Crippen LogP contribution in [0.25, 0.3) is 10.8 Å². The molecule has 0 fully saturated rings. The third-order valence-electron chi connectivity index (χ3n) is 1.58. The molecule has 0 saturated carbocycles. The normalized spacial score (nSPS) is 10.2. The second-order valence-corrected chi connectivity index (χ2v) is 3.35. The predicted molar refractivity (Wildman–Crippen MR) is 49.6 cm³/mol. The molecule has 2 heterocycles. The van der Waals surface area contributed by atoms with Crippen LogP contribution >= 0.6 is 11.3 Å². The van der Waals surface area contributed by atoms with E-state index in [2.05, 4.69) is 4.98 Å². The summed E-state index contributed by atoms with van der Waals surface area (Å²) in [6.45, 7) is 0. The second kappa shape index (κ2) is 3.53. The van der Waals surface area contributed by atoms with Crippen molar-refractivity contribution in [2.24, 2.45) is 0 Å². The zero-order valence-electron chi connectivity index (χ0n) is 6.77. The maximum Gasteiger partial charge on any atom is 0.162 e. The number of aromatic nitrogens is 1. The van der Waals surface area contributed by atoms with Crippen LogP contribution in [0.5, 0.6) is 0 Å². The molecule has 0 aromatic carbocycles. The Morgan fingerprint density at radius 2 is 2.54 bits per heavy atom. The van der Waals surface area contributed by atoms with Crippen LogP contribution in [0.1, 0.15) is 5.69 Å². The first-order valence-corrected chi connectivity index (χ1v) is 4.70. The molecule has 0 unspecified atom stereocenters. The lowest BCUT2D eigenvalue weighted by Crippen LogP contribution is -1.84. The van der Waals surface area contributed by atoms with Gasteiger partial charge in [0, 0.05) is 11.8 Å². The van der Waals surface area contributed by atoms with E-state index in [-0.39, 0.29) is 0 Å². The van der Waals surface area contributed by atoms with Crippen molar-refractivity contribution in [3.63, 3.8) is 0 Å². The van der Waals surface area contributed by atoms with Gasteiger partial charge < -0.3 is 9.21 Å². The molecule has 0 N–H and O–H groups in total. The molecule has 0 atom stereocenters. The van der Waals surface area contributed by atoms with Crippen LogP contribution in [0, 0.1) is 0 Å². The van der Waals surface area contributed by atoms with E-state index in [1.807, 2.05) is 17.5 Å². The number of thiazole rings is 1. The number of hydrogen-bond acceptors (Lipinski definition) is 4. The number of carbonyl (C=O) groups excluding carboxylic acids is 1. The van der Waals surface area contributed by atoms with Crippen molar-refractivity contribution in [3.8, 4) is 10.8 Å². The standard InChI is InChI=1S/C9H7NO2S/c11-4-3-7-6-13-9(10-7)8-2-1-5-12-8/h1-2,4-6H,3H2. The largest absolute Gasteiger partial charge is 0.462 e. The lowest BCUT2D eigenvalue weighted by Gasteiger charge is -1.86. The van der Waals surface area contributed by atoms with Gasteiger partial charge in [0.05, 0.1) is 12.0 Å². The third kappa shape index (κ3) is 1.67. The van der Waals surface area contributed by atoms with Crippen molar-refractivity contribution >= 4 is 17.6 Å². The summed E-state index contributed by atoms with van der Waals surface area (Å²) in [4.78, 5) is 14.4. The highest BCUT2D eigenvalue weighted by Gasteiger charge is 2.05. The summed E-state index contributed by atoms with van der Waals surface area (Å²) >= 11 is 1.48. The average molecular weight is 193 g/mol. The van der Waals surface area contributed by atoms with Crippen LogP contribution in [0.2, 0.25) is 0 Å². The highest BCUT2D eigenvalue weighted by molar-refractivity contribution is 7.13. The Balaban J connectivity index is 2.28. The van der Waals surface area contributed by atoms with Crippen molar-refractivity contribution in [1.82, 2.24) is 4.98 Å². The first-order valence-electron chi connectivity index (χ1n) is 3.82. The van der Waals surface area contributed by atoms with E-state index in [1.54, 1.807) is 6.26 Å². The summed E-state index contributed by atoms with van der Waals surface area (Å²) in [5, 5.41) is 2.69. The van der Waals surface area contributed by atoms with Gasteiger partial charge in [-0.25, -0.2) is 4.98 Å². The number of carbonyl (C=O) groups is 1. The van der Waals surface area contributed by atoms with E-state index in [4.69, 9.17) is 4.42 Å². The minimum Gasteiger partial charge on any atom is -0.462 e. The van der Waals surface area contributed by atoms with Gasteiger partial charge in [-0.3, -0.25) is 0 Å². The minimum atomic E-state index is 0.372. The Bertz CT molecular complexity index is 391. The molecular formula is C9H7NO2S. The molecule has 2 aromatic heterocycles. The smallest absolute Gasteiger partial charge is 0.162 e. The molecule has 66 valence electrons. The molecule has 0 spiro atoms. The number of hydrogen-bond donors (Lipinski definition) is 0. The molecule has 2 rings (SSSR count). The Morgan fingerprint density at radius 1 is 1.62 bits per heavy atom. The van der Waals surface area contributed by atoms with Crippen LogP contribution < -0.4 is 0 Å². The monoisotopic (exact) mass is 193 g/mol. The van der Waals surface area contributed by atoms with Crippen molar-refractivity contribution in [2.75, 3.05) is 0 Å². The minimum absolute atomic E-state index is 0.372. The molecule has 0 saturated heterocycles. The summed E-state index contributed by atoms with van der Waals surface area (Å²) in [7, 11) is 0. The Labute approximate surface area is 79.0 Å². The SMILES string of the molecule is O=CCc1csc(-c2ccco2)n1. The lowest BCUT2D eigenvalue weighted by atomic mass is 10.4. The summed E-state index contributed by atoms with van der Waals surface area (Å²) in [6.07, 6.45) is 2.83. The maximum atomic E-state index is 10.2. The van der Waals surface area contributed by atoms with E-state index in [0.29, 0.717) is 6.42 Å². The van der Waals surface area contributed by atoms with Gasteiger partial charge in [-0.15, -0.1) is 11.3 Å². The zero-order chi connectivity index (χ0) is 9.10. The van der Waals surface area contributed by atoms with Crippen molar-refractivity contribution < 1.29 is 9.21 Å². The molecule has 0 bridgehead atoms. The topological polar surface area (TPSA) is 43.1 Å². The van der Waals surface area contributed by atoms with Crippen LogP contribution in [0.4, 0.5) is 0 Å². The molecular weight excluding hydrogens is 186 g/mol. The van der Waals surface area contributed by atoms with Crippen LogP contribution in [-0.2, 0) is 11.2 Å². The number of rotatable bonds is 3. The molecule has 0 aliphatic rings. The summed E-state index contributed by atoms with van der Waals surface area (Å²) in [5.41, 5.74) is 0.798. The van der Waals surface area contributed by atoms with Crippen molar-refractivity contribution in [2.45, 2.75) is 6.42 Å². The fourth-order valence-corrected chi connectivity index (χ4v) is 1.80. The van der Waals surface area contributed by atoms with Crippen molar-refractivity contribution in [1.29, 1.82) is 0 Å². The molecule has 0 aliphatic heterocycles. The molecule has 0 aliphatic carbocycles. The molecule has 2 aromatic rings. The highest BCUT2D eigenvalue weighted by Crippen LogP contribution is 2.23.